The molecule has 0 fully saturated rings. The highest BCUT2D eigenvalue weighted by Gasteiger charge is 2.15. The molecule has 3 heterocycles. The molecule has 3 aromatic rings. The van der Waals surface area contributed by atoms with Crippen molar-refractivity contribution in [3.63, 3.8) is 0 Å². The monoisotopic (exact) mass is 328 g/mol. The minimum absolute atomic E-state index is 0.220. The number of rotatable bonds is 5. The van der Waals surface area contributed by atoms with Crippen LogP contribution in [0.4, 0.5) is 0 Å². The third kappa shape index (κ3) is 3.42. The van der Waals surface area contributed by atoms with Crippen molar-refractivity contribution < 1.29 is 4.79 Å². The maximum absolute atomic E-state index is 12.2. The first-order chi connectivity index (χ1) is 11.1. The molecule has 8 heteroatoms. The Morgan fingerprint density at radius 3 is 2.96 bits per heavy atom. The molecule has 3 aromatic heterocycles. The van der Waals surface area contributed by atoms with Gasteiger partial charge < -0.3 is 5.32 Å². The quantitative estimate of drug-likeness (QED) is 0.749. The van der Waals surface area contributed by atoms with Crippen LogP contribution in [-0.4, -0.2) is 30.7 Å². The second-order valence-electron chi connectivity index (χ2n) is 5.30. The molecule has 3 rings (SSSR count). The van der Waals surface area contributed by atoms with E-state index in [0.29, 0.717) is 17.9 Å². The number of hydrogen-bond acceptors (Lipinski definition) is 6. The standard InChI is InChI=1S/C15H16N6OS/c1-9(2)14-13(23-21-20-14)8-17-15(22)12-7-11(18-19-12)10-5-3-4-6-16-10/h3-7,9H,8H2,1-2H3,(H,17,22)(H,18,19). The maximum Gasteiger partial charge on any atom is 0.269 e. The highest BCUT2D eigenvalue weighted by atomic mass is 32.1. The van der Waals surface area contributed by atoms with E-state index in [1.54, 1.807) is 12.3 Å². The summed E-state index contributed by atoms with van der Waals surface area (Å²) >= 11 is 1.31. The van der Waals surface area contributed by atoms with Gasteiger partial charge in [-0.1, -0.05) is 24.4 Å². The van der Waals surface area contributed by atoms with Crippen molar-refractivity contribution in [3.05, 3.63) is 46.7 Å². The van der Waals surface area contributed by atoms with Crippen molar-refractivity contribution in [2.75, 3.05) is 0 Å². The molecule has 0 radical (unpaired) electrons. The molecule has 0 atom stereocenters. The molecule has 0 aliphatic carbocycles. The van der Waals surface area contributed by atoms with Gasteiger partial charge in [0.05, 0.1) is 22.8 Å². The Bertz CT molecular complexity index is 795. The van der Waals surface area contributed by atoms with Gasteiger partial charge >= 0.3 is 0 Å². The summed E-state index contributed by atoms with van der Waals surface area (Å²) in [5, 5.41) is 13.8. The van der Waals surface area contributed by atoms with Crippen LogP contribution in [0.5, 0.6) is 0 Å². The number of nitrogens with one attached hydrogen (secondary N) is 2. The molecule has 2 N–H and O–H groups in total. The van der Waals surface area contributed by atoms with E-state index in [1.807, 2.05) is 18.2 Å². The van der Waals surface area contributed by atoms with E-state index in [1.165, 1.54) is 11.5 Å². The maximum atomic E-state index is 12.2. The van der Waals surface area contributed by atoms with Gasteiger partial charge in [0.15, 0.2) is 0 Å². The Morgan fingerprint density at radius 2 is 2.22 bits per heavy atom. The van der Waals surface area contributed by atoms with Crippen LogP contribution in [0.2, 0.25) is 0 Å². The molecular weight excluding hydrogens is 312 g/mol. The molecule has 0 aliphatic heterocycles. The molecule has 1 amide bonds. The molecule has 7 nitrogen and oxygen atoms in total. The smallest absolute Gasteiger partial charge is 0.269 e. The largest absolute Gasteiger partial charge is 0.346 e. The van der Waals surface area contributed by atoms with Crippen LogP contribution in [0, 0.1) is 0 Å². The van der Waals surface area contributed by atoms with Crippen LogP contribution in [0.3, 0.4) is 0 Å². The van der Waals surface area contributed by atoms with E-state index in [2.05, 4.69) is 43.9 Å². The summed E-state index contributed by atoms with van der Waals surface area (Å²) in [5.41, 5.74) is 2.68. The van der Waals surface area contributed by atoms with E-state index in [-0.39, 0.29) is 11.8 Å². The summed E-state index contributed by atoms with van der Waals surface area (Å²) in [6.45, 7) is 4.51. The summed E-state index contributed by atoms with van der Waals surface area (Å²) in [7, 11) is 0. The fourth-order valence-corrected chi connectivity index (χ4v) is 2.85. The van der Waals surface area contributed by atoms with Gasteiger partial charge in [0, 0.05) is 6.20 Å². The second-order valence-corrected chi connectivity index (χ2v) is 6.14. The summed E-state index contributed by atoms with van der Waals surface area (Å²) in [5.74, 6) is 0.0614. The lowest BCUT2D eigenvalue weighted by Crippen LogP contribution is -2.23. The van der Waals surface area contributed by atoms with Crippen molar-refractivity contribution in [2.24, 2.45) is 0 Å². The average molecular weight is 328 g/mol. The number of aromatic nitrogens is 5. The Balaban J connectivity index is 1.67. The lowest BCUT2D eigenvalue weighted by atomic mass is 10.1. The minimum atomic E-state index is -0.220. The molecule has 0 spiro atoms. The molecule has 0 saturated carbocycles. The predicted octanol–water partition coefficient (Wildman–Crippen LogP) is 2.38. The lowest BCUT2D eigenvalue weighted by molar-refractivity contribution is 0.0946. The van der Waals surface area contributed by atoms with Crippen molar-refractivity contribution in [1.82, 2.24) is 30.1 Å². The zero-order chi connectivity index (χ0) is 16.2. The van der Waals surface area contributed by atoms with Gasteiger partial charge in [-0.05, 0) is 35.6 Å². The first-order valence-corrected chi connectivity index (χ1v) is 7.98. The zero-order valence-electron chi connectivity index (χ0n) is 12.8. The summed E-state index contributed by atoms with van der Waals surface area (Å²) in [6, 6.07) is 7.24. The molecule has 0 aromatic carbocycles. The van der Waals surface area contributed by atoms with Crippen molar-refractivity contribution in [1.29, 1.82) is 0 Å². The van der Waals surface area contributed by atoms with E-state index < -0.39 is 0 Å². The molecule has 23 heavy (non-hydrogen) atoms. The van der Waals surface area contributed by atoms with Gasteiger partial charge in [-0.25, -0.2) is 0 Å². The Labute approximate surface area is 137 Å². The van der Waals surface area contributed by atoms with E-state index in [4.69, 9.17) is 0 Å². The number of aromatic amines is 1. The highest BCUT2D eigenvalue weighted by Crippen LogP contribution is 2.19. The lowest BCUT2D eigenvalue weighted by Gasteiger charge is -2.05. The fourth-order valence-electron chi connectivity index (χ4n) is 2.12. The number of amides is 1. The van der Waals surface area contributed by atoms with Crippen LogP contribution in [-0.2, 0) is 6.54 Å². The molecule has 0 unspecified atom stereocenters. The van der Waals surface area contributed by atoms with E-state index >= 15 is 0 Å². The van der Waals surface area contributed by atoms with Gasteiger partial charge in [0.2, 0.25) is 0 Å². The molecule has 0 saturated heterocycles. The molecule has 0 bridgehead atoms. The predicted molar refractivity (Wildman–Crippen MR) is 87.0 cm³/mol. The van der Waals surface area contributed by atoms with Crippen LogP contribution < -0.4 is 5.32 Å². The number of nitrogens with zero attached hydrogens (tertiary/aromatic N) is 4. The van der Waals surface area contributed by atoms with Crippen molar-refractivity contribution >= 4 is 17.4 Å². The number of pyridine rings is 1. The Morgan fingerprint density at radius 1 is 1.35 bits per heavy atom. The summed E-state index contributed by atoms with van der Waals surface area (Å²) in [4.78, 5) is 17.4. The first-order valence-electron chi connectivity index (χ1n) is 7.21. The minimum Gasteiger partial charge on any atom is -0.346 e. The van der Waals surface area contributed by atoms with E-state index in [9.17, 15) is 4.79 Å². The van der Waals surface area contributed by atoms with Gasteiger partial charge in [0.25, 0.3) is 5.91 Å². The first kappa shape index (κ1) is 15.3. The molecule has 0 aliphatic rings. The topological polar surface area (TPSA) is 96.5 Å². The number of H-pyrrole nitrogens is 1. The SMILES string of the molecule is CC(C)c1nnsc1CNC(=O)c1cc(-c2ccccn2)n[nH]1. The van der Waals surface area contributed by atoms with E-state index in [0.717, 1.165) is 16.3 Å². The highest BCUT2D eigenvalue weighted by molar-refractivity contribution is 7.05. The molecule has 118 valence electrons. The van der Waals surface area contributed by atoms with Gasteiger partial charge in [-0.2, -0.15) is 5.10 Å². The molecular formula is C15H16N6OS. The third-order valence-electron chi connectivity index (χ3n) is 3.29. The normalized spacial score (nSPS) is 10.9. The average Bonchev–Trinajstić information content (AvgIpc) is 3.22. The van der Waals surface area contributed by atoms with Crippen LogP contribution in [0.1, 0.15) is 40.8 Å². The van der Waals surface area contributed by atoms with Crippen molar-refractivity contribution in [2.45, 2.75) is 26.3 Å². The number of carbonyl (C=O) groups excluding carboxylic acids is 1. The zero-order valence-corrected chi connectivity index (χ0v) is 13.6. The fraction of sp³-hybridized carbons (Fsp3) is 0.267. The Hall–Kier alpha value is -2.61. The summed E-state index contributed by atoms with van der Waals surface area (Å²) in [6.07, 6.45) is 1.69. The third-order valence-corrected chi connectivity index (χ3v) is 4.03. The number of carbonyl (C=O) groups is 1. The van der Waals surface area contributed by atoms with Crippen LogP contribution in [0.15, 0.2) is 30.5 Å². The van der Waals surface area contributed by atoms with Gasteiger partial charge in [-0.3, -0.25) is 14.9 Å². The van der Waals surface area contributed by atoms with Gasteiger partial charge in [-0.15, -0.1) is 5.10 Å². The Kier molecular flexibility index (Phi) is 4.42. The second kappa shape index (κ2) is 6.66. The van der Waals surface area contributed by atoms with Crippen molar-refractivity contribution in [3.8, 4) is 11.4 Å². The number of hydrogen-bond donors (Lipinski definition) is 2. The van der Waals surface area contributed by atoms with Crippen LogP contribution in [0.25, 0.3) is 11.4 Å². The van der Waals surface area contributed by atoms with Gasteiger partial charge in [0.1, 0.15) is 11.4 Å². The summed E-state index contributed by atoms with van der Waals surface area (Å²) < 4.78 is 3.95. The van der Waals surface area contributed by atoms with Crippen LogP contribution >= 0.6 is 11.5 Å².